The van der Waals surface area contributed by atoms with E-state index in [4.69, 9.17) is 11.6 Å². The second-order valence-corrected chi connectivity index (χ2v) is 5.29. The Hall–Kier alpha value is -1.43. The van der Waals surface area contributed by atoms with Crippen molar-refractivity contribution in [2.45, 2.75) is 19.1 Å². The molecule has 1 aliphatic heterocycles. The first-order valence-corrected chi connectivity index (χ1v) is 6.58. The van der Waals surface area contributed by atoms with Crippen molar-refractivity contribution in [3.63, 3.8) is 0 Å². The van der Waals surface area contributed by atoms with Crippen LogP contribution in [0.25, 0.3) is 10.9 Å². The van der Waals surface area contributed by atoms with Crippen LogP contribution in [0.5, 0.6) is 0 Å². The molecule has 0 spiro atoms. The monoisotopic (exact) mass is 279 g/mol. The molecule has 5 nitrogen and oxygen atoms in total. The average molecular weight is 280 g/mol. The third-order valence-corrected chi connectivity index (χ3v) is 3.57. The van der Waals surface area contributed by atoms with Gasteiger partial charge in [-0.25, -0.2) is 4.98 Å². The lowest BCUT2D eigenvalue weighted by Crippen LogP contribution is -2.24. The number of aliphatic hydroxyl groups is 1. The van der Waals surface area contributed by atoms with Crippen molar-refractivity contribution in [3.05, 3.63) is 39.4 Å². The number of nitrogens with one attached hydrogen (secondary N) is 1. The molecular formula is C13H14ClN3O2. The van der Waals surface area contributed by atoms with E-state index in [1.54, 1.807) is 18.2 Å². The number of halogens is 1. The van der Waals surface area contributed by atoms with Gasteiger partial charge in [0.15, 0.2) is 0 Å². The number of hydrogen-bond acceptors (Lipinski definition) is 4. The first-order chi connectivity index (χ1) is 9.11. The van der Waals surface area contributed by atoms with Gasteiger partial charge < -0.3 is 10.1 Å². The van der Waals surface area contributed by atoms with E-state index in [-0.39, 0.29) is 11.7 Å². The number of nitrogens with zero attached hydrogens (tertiary/aromatic N) is 2. The molecule has 1 aromatic carbocycles. The minimum absolute atomic E-state index is 0.156. The van der Waals surface area contributed by atoms with Gasteiger partial charge in [0.2, 0.25) is 0 Å². The van der Waals surface area contributed by atoms with Crippen LogP contribution in [0, 0.1) is 0 Å². The Bertz CT molecular complexity index is 670. The molecular weight excluding hydrogens is 266 g/mol. The Labute approximate surface area is 114 Å². The summed E-state index contributed by atoms with van der Waals surface area (Å²) in [6.07, 6.45) is 0.491. The zero-order valence-electron chi connectivity index (χ0n) is 10.3. The zero-order valence-corrected chi connectivity index (χ0v) is 11.0. The molecule has 0 amide bonds. The van der Waals surface area contributed by atoms with E-state index in [0.29, 0.717) is 34.8 Å². The topological polar surface area (TPSA) is 69.2 Å². The van der Waals surface area contributed by atoms with Crippen molar-refractivity contribution in [1.82, 2.24) is 14.9 Å². The summed E-state index contributed by atoms with van der Waals surface area (Å²) in [4.78, 5) is 21.2. The van der Waals surface area contributed by atoms with Gasteiger partial charge in [-0.2, -0.15) is 0 Å². The molecule has 0 radical (unpaired) electrons. The molecule has 0 saturated carbocycles. The maximum atomic E-state index is 11.9. The second kappa shape index (κ2) is 4.92. The second-order valence-electron chi connectivity index (χ2n) is 4.85. The number of rotatable bonds is 2. The van der Waals surface area contributed by atoms with Crippen molar-refractivity contribution in [1.29, 1.82) is 0 Å². The highest BCUT2D eigenvalue weighted by molar-refractivity contribution is 6.31. The van der Waals surface area contributed by atoms with Crippen molar-refractivity contribution in [2.24, 2.45) is 0 Å². The Morgan fingerprint density at radius 3 is 3.11 bits per heavy atom. The van der Waals surface area contributed by atoms with Crippen LogP contribution in [-0.2, 0) is 6.54 Å². The number of fused-ring (bicyclic) bond motifs is 1. The average Bonchev–Trinajstić information content (AvgIpc) is 2.74. The first-order valence-electron chi connectivity index (χ1n) is 6.21. The van der Waals surface area contributed by atoms with Gasteiger partial charge >= 0.3 is 0 Å². The van der Waals surface area contributed by atoms with Crippen LogP contribution < -0.4 is 5.56 Å². The fraction of sp³-hybridized carbons (Fsp3) is 0.385. The highest BCUT2D eigenvalue weighted by atomic mass is 35.5. The largest absolute Gasteiger partial charge is 0.392 e. The van der Waals surface area contributed by atoms with Crippen molar-refractivity contribution in [2.75, 3.05) is 13.1 Å². The summed E-state index contributed by atoms with van der Waals surface area (Å²) >= 11 is 5.92. The molecule has 1 fully saturated rings. The maximum absolute atomic E-state index is 11.9. The van der Waals surface area contributed by atoms with Crippen molar-refractivity contribution < 1.29 is 5.11 Å². The summed E-state index contributed by atoms with van der Waals surface area (Å²) < 4.78 is 0. The van der Waals surface area contributed by atoms with E-state index in [9.17, 15) is 9.90 Å². The number of β-amino-alcohol motifs (C(OH)–C–C–N with tert-alkyl or cyclic N) is 1. The normalized spacial score (nSPS) is 20.2. The molecule has 2 heterocycles. The van der Waals surface area contributed by atoms with Crippen LogP contribution in [0.3, 0.4) is 0 Å². The van der Waals surface area contributed by atoms with Gasteiger partial charge in [0, 0.05) is 18.1 Å². The Balaban J connectivity index is 1.94. The summed E-state index contributed by atoms with van der Waals surface area (Å²) in [7, 11) is 0. The van der Waals surface area contributed by atoms with Crippen LogP contribution in [-0.4, -0.2) is 39.2 Å². The smallest absolute Gasteiger partial charge is 0.258 e. The van der Waals surface area contributed by atoms with E-state index in [1.807, 2.05) is 0 Å². The molecule has 2 aromatic rings. The number of hydrogen-bond donors (Lipinski definition) is 2. The minimum atomic E-state index is -0.276. The predicted molar refractivity (Wildman–Crippen MR) is 73.3 cm³/mol. The number of aliphatic hydroxyl groups excluding tert-OH is 1. The highest BCUT2D eigenvalue weighted by Gasteiger charge is 2.20. The van der Waals surface area contributed by atoms with Crippen molar-refractivity contribution in [3.8, 4) is 0 Å². The van der Waals surface area contributed by atoms with Crippen LogP contribution in [0.1, 0.15) is 12.2 Å². The Morgan fingerprint density at radius 2 is 2.37 bits per heavy atom. The van der Waals surface area contributed by atoms with Crippen molar-refractivity contribution >= 4 is 22.5 Å². The van der Waals surface area contributed by atoms with Crippen LogP contribution in [0.2, 0.25) is 5.02 Å². The Morgan fingerprint density at radius 1 is 1.53 bits per heavy atom. The first kappa shape index (κ1) is 12.6. The summed E-state index contributed by atoms with van der Waals surface area (Å²) in [5.41, 5.74) is 0.447. The molecule has 2 N–H and O–H groups in total. The fourth-order valence-electron chi connectivity index (χ4n) is 2.40. The summed E-state index contributed by atoms with van der Waals surface area (Å²) in [6, 6.07) is 5.04. The summed E-state index contributed by atoms with van der Waals surface area (Å²) in [5.74, 6) is 0.605. The molecule has 1 saturated heterocycles. The van der Waals surface area contributed by atoms with E-state index in [2.05, 4.69) is 14.9 Å². The molecule has 100 valence electrons. The SMILES string of the molecule is O=c1[nH]c(CN2CCC(O)C2)nc2cc(Cl)ccc12. The fourth-order valence-corrected chi connectivity index (χ4v) is 2.57. The summed E-state index contributed by atoms with van der Waals surface area (Å²) in [5, 5.41) is 10.6. The van der Waals surface area contributed by atoms with Gasteiger partial charge in [-0.3, -0.25) is 9.69 Å². The highest BCUT2D eigenvalue weighted by Crippen LogP contribution is 2.16. The molecule has 0 bridgehead atoms. The van der Waals surface area contributed by atoms with Gasteiger partial charge in [-0.1, -0.05) is 11.6 Å². The number of benzene rings is 1. The standard InChI is InChI=1S/C13H14ClN3O2/c14-8-1-2-10-11(5-8)15-12(16-13(10)19)7-17-4-3-9(18)6-17/h1-2,5,9,18H,3-4,6-7H2,(H,15,16,19). The molecule has 1 aliphatic rings. The van der Waals surface area contributed by atoms with Gasteiger partial charge in [0.25, 0.3) is 5.56 Å². The lowest BCUT2D eigenvalue weighted by Gasteiger charge is -2.14. The maximum Gasteiger partial charge on any atom is 0.258 e. The van der Waals surface area contributed by atoms with Crippen LogP contribution >= 0.6 is 11.6 Å². The number of H-pyrrole nitrogens is 1. The number of aromatic nitrogens is 2. The molecule has 0 aliphatic carbocycles. The number of likely N-dealkylation sites (tertiary alicyclic amines) is 1. The third-order valence-electron chi connectivity index (χ3n) is 3.34. The Kier molecular flexibility index (Phi) is 3.26. The van der Waals surface area contributed by atoms with E-state index < -0.39 is 0 Å². The molecule has 1 atom stereocenters. The molecule has 3 rings (SSSR count). The zero-order chi connectivity index (χ0) is 13.4. The van der Waals surface area contributed by atoms with E-state index >= 15 is 0 Å². The molecule has 19 heavy (non-hydrogen) atoms. The minimum Gasteiger partial charge on any atom is -0.392 e. The number of aromatic amines is 1. The van der Waals surface area contributed by atoms with E-state index in [0.717, 1.165) is 13.0 Å². The predicted octanol–water partition coefficient (Wildman–Crippen LogP) is 1.14. The molecule has 1 aromatic heterocycles. The van der Waals surface area contributed by atoms with Crippen LogP contribution in [0.4, 0.5) is 0 Å². The summed E-state index contributed by atoms with van der Waals surface area (Å²) in [6.45, 7) is 1.98. The van der Waals surface area contributed by atoms with Gasteiger partial charge in [0.05, 0.1) is 23.6 Å². The van der Waals surface area contributed by atoms with Crippen LogP contribution in [0.15, 0.2) is 23.0 Å². The quantitative estimate of drug-likeness (QED) is 0.865. The van der Waals surface area contributed by atoms with E-state index in [1.165, 1.54) is 0 Å². The molecule has 1 unspecified atom stereocenters. The lowest BCUT2D eigenvalue weighted by atomic mass is 10.2. The third kappa shape index (κ3) is 2.63. The van der Waals surface area contributed by atoms with Gasteiger partial charge in [-0.05, 0) is 24.6 Å². The van der Waals surface area contributed by atoms with Gasteiger partial charge in [0.1, 0.15) is 5.82 Å². The van der Waals surface area contributed by atoms with Gasteiger partial charge in [-0.15, -0.1) is 0 Å². The lowest BCUT2D eigenvalue weighted by molar-refractivity contribution is 0.174. The molecule has 6 heteroatoms.